The smallest absolute Gasteiger partial charge is 0.233 e. The molecule has 0 atom stereocenters. The molecule has 0 aromatic heterocycles. The normalized spacial score (nSPS) is 9.76. The monoisotopic (exact) mass is 239 g/mol. The minimum absolute atomic E-state index is 0.0458. The maximum Gasteiger partial charge on any atom is 0.233 e. The maximum atomic E-state index is 11.3. The molecule has 5 nitrogen and oxygen atoms in total. The van der Waals surface area contributed by atoms with E-state index >= 15 is 0 Å². The highest BCUT2D eigenvalue weighted by molar-refractivity contribution is 5.80. The lowest BCUT2D eigenvalue weighted by Gasteiger charge is -2.08. The summed E-state index contributed by atoms with van der Waals surface area (Å²) in [6, 6.07) is 0. The van der Waals surface area contributed by atoms with Crippen molar-refractivity contribution in [2.75, 3.05) is 26.2 Å². The molecule has 0 saturated carbocycles. The van der Waals surface area contributed by atoms with Crippen LogP contribution in [-0.4, -0.2) is 38.0 Å². The van der Waals surface area contributed by atoms with E-state index < -0.39 is 0 Å². The topological polar surface area (TPSA) is 70.2 Å². The summed E-state index contributed by atoms with van der Waals surface area (Å²) in [5.41, 5.74) is 0. The predicted octanol–water partition coefficient (Wildman–Crippen LogP) is -0.512. The van der Waals surface area contributed by atoms with E-state index in [1.165, 1.54) is 0 Å². The van der Waals surface area contributed by atoms with Crippen LogP contribution < -0.4 is 16.0 Å². The first-order valence-electron chi connectivity index (χ1n) is 5.73. The van der Waals surface area contributed by atoms with Gasteiger partial charge in [0, 0.05) is 19.5 Å². The minimum Gasteiger partial charge on any atom is -0.356 e. The van der Waals surface area contributed by atoms with Crippen molar-refractivity contribution in [2.24, 2.45) is 5.92 Å². The summed E-state index contributed by atoms with van der Waals surface area (Å²) in [6.07, 6.45) is 5.31. The molecule has 96 valence electrons. The number of hydrogen-bond acceptors (Lipinski definition) is 3. The molecule has 0 heterocycles. The molecule has 0 aliphatic heterocycles. The van der Waals surface area contributed by atoms with Crippen molar-refractivity contribution in [3.8, 4) is 12.3 Å². The van der Waals surface area contributed by atoms with Crippen molar-refractivity contribution in [3.63, 3.8) is 0 Å². The van der Waals surface area contributed by atoms with Gasteiger partial charge in [0.15, 0.2) is 0 Å². The predicted molar refractivity (Wildman–Crippen MR) is 67.2 cm³/mol. The second-order valence-corrected chi connectivity index (χ2v) is 4.11. The van der Waals surface area contributed by atoms with Crippen molar-refractivity contribution in [1.29, 1.82) is 0 Å². The number of amides is 2. The van der Waals surface area contributed by atoms with E-state index in [4.69, 9.17) is 6.42 Å². The summed E-state index contributed by atoms with van der Waals surface area (Å²) < 4.78 is 0. The van der Waals surface area contributed by atoms with Gasteiger partial charge >= 0.3 is 0 Å². The Balaban J connectivity index is 3.46. The fourth-order valence-corrected chi connectivity index (χ4v) is 1.03. The number of carbonyl (C=O) groups excluding carboxylic acids is 2. The van der Waals surface area contributed by atoms with Crippen LogP contribution >= 0.6 is 0 Å². The van der Waals surface area contributed by atoms with Crippen molar-refractivity contribution in [2.45, 2.75) is 20.3 Å². The van der Waals surface area contributed by atoms with E-state index in [-0.39, 0.29) is 18.4 Å². The third-order valence-corrected chi connectivity index (χ3v) is 1.89. The van der Waals surface area contributed by atoms with Gasteiger partial charge in [-0.15, -0.1) is 6.42 Å². The van der Waals surface area contributed by atoms with Crippen molar-refractivity contribution in [1.82, 2.24) is 16.0 Å². The SMILES string of the molecule is C#CCNCC(=O)NCCC(=O)NCC(C)C. The highest BCUT2D eigenvalue weighted by Crippen LogP contribution is 1.87. The zero-order valence-corrected chi connectivity index (χ0v) is 10.5. The lowest BCUT2D eigenvalue weighted by molar-refractivity contribution is -0.122. The molecule has 0 radical (unpaired) electrons. The minimum atomic E-state index is -0.156. The van der Waals surface area contributed by atoms with Gasteiger partial charge in [-0.2, -0.15) is 0 Å². The van der Waals surface area contributed by atoms with Crippen LogP contribution in [0, 0.1) is 18.3 Å². The first kappa shape index (κ1) is 15.5. The van der Waals surface area contributed by atoms with Gasteiger partial charge in [-0.25, -0.2) is 0 Å². The Bertz CT molecular complexity index is 282. The molecule has 0 saturated heterocycles. The summed E-state index contributed by atoms with van der Waals surface area (Å²) in [5, 5.41) is 8.17. The molecule has 0 aliphatic carbocycles. The third-order valence-electron chi connectivity index (χ3n) is 1.89. The van der Waals surface area contributed by atoms with Gasteiger partial charge in [0.05, 0.1) is 13.1 Å². The van der Waals surface area contributed by atoms with Gasteiger partial charge < -0.3 is 10.6 Å². The molecule has 17 heavy (non-hydrogen) atoms. The summed E-state index contributed by atoms with van der Waals surface area (Å²) in [6.45, 7) is 5.61. The van der Waals surface area contributed by atoms with Crippen molar-refractivity contribution < 1.29 is 9.59 Å². The van der Waals surface area contributed by atoms with Crippen LogP contribution in [0.25, 0.3) is 0 Å². The molecular formula is C12H21N3O2. The zero-order chi connectivity index (χ0) is 13.1. The Hall–Kier alpha value is -1.54. The van der Waals surface area contributed by atoms with E-state index in [9.17, 15) is 9.59 Å². The summed E-state index contributed by atoms with van der Waals surface area (Å²) in [7, 11) is 0. The molecule has 0 aromatic rings. The second kappa shape index (κ2) is 9.67. The van der Waals surface area contributed by atoms with Crippen molar-refractivity contribution >= 4 is 11.8 Å². The lowest BCUT2D eigenvalue weighted by atomic mass is 10.2. The molecule has 5 heteroatoms. The van der Waals surface area contributed by atoms with E-state index in [1.54, 1.807) is 0 Å². The summed E-state index contributed by atoms with van der Waals surface area (Å²) in [4.78, 5) is 22.5. The lowest BCUT2D eigenvalue weighted by Crippen LogP contribution is -2.36. The van der Waals surface area contributed by atoms with Crippen LogP contribution in [0.3, 0.4) is 0 Å². The summed E-state index contributed by atoms with van der Waals surface area (Å²) >= 11 is 0. The Morgan fingerprint density at radius 2 is 1.94 bits per heavy atom. The molecular weight excluding hydrogens is 218 g/mol. The van der Waals surface area contributed by atoms with Crippen LogP contribution in [0.2, 0.25) is 0 Å². The number of nitrogens with one attached hydrogen (secondary N) is 3. The van der Waals surface area contributed by atoms with Gasteiger partial charge in [0.2, 0.25) is 11.8 Å². The fraction of sp³-hybridized carbons (Fsp3) is 0.667. The number of hydrogen-bond donors (Lipinski definition) is 3. The zero-order valence-electron chi connectivity index (χ0n) is 10.5. The standard InChI is InChI=1S/C12H21N3O2/c1-4-6-13-9-12(17)14-7-5-11(16)15-8-10(2)3/h1,10,13H,5-9H2,2-3H3,(H,14,17)(H,15,16). The molecule has 0 rings (SSSR count). The number of terminal acetylenes is 1. The molecule has 0 bridgehead atoms. The Labute approximate surface area is 103 Å². The van der Waals surface area contributed by atoms with Gasteiger partial charge in [0.25, 0.3) is 0 Å². The molecule has 0 aromatic carbocycles. The number of carbonyl (C=O) groups is 2. The largest absolute Gasteiger partial charge is 0.356 e. The van der Waals surface area contributed by atoms with Gasteiger partial charge in [0.1, 0.15) is 0 Å². The third kappa shape index (κ3) is 10.7. The van der Waals surface area contributed by atoms with Crippen LogP contribution in [0.4, 0.5) is 0 Å². The van der Waals surface area contributed by atoms with Crippen LogP contribution in [0.15, 0.2) is 0 Å². The van der Waals surface area contributed by atoms with E-state index in [0.717, 1.165) is 0 Å². The Morgan fingerprint density at radius 3 is 2.53 bits per heavy atom. The quantitative estimate of drug-likeness (QED) is 0.394. The van der Waals surface area contributed by atoms with Gasteiger partial charge in [-0.3, -0.25) is 14.9 Å². The summed E-state index contributed by atoms with van der Waals surface area (Å²) in [5.74, 6) is 2.60. The average Bonchev–Trinajstić information content (AvgIpc) is 2.27. The molecule has 0 fully saturated rings. The fourth-order valence-electron chi connectivity index (χ4n) is 1.03. The highest BCUT2D eigenvalue weighted by Gasteiger charge is 2.03. The number of rotatable bonds is 8. The molecule has 0 spiro atoms. The maximum absolute atomic E-state index is 11.3. The molecule has 3 N–H and O–H groups in total. The first-order chi connectivity index (χ1) is 8.06. The first-order valence-corrected chi connectivity index (χ1v) is 5.73. The highest BCUT2D eigenvalue weighted by atomic mass is 16.2. The Kier molecular flexibility index (Phi) is 8.79. The van der Waals surface area contributed by atoms with E-state index in [1.807, 2.05) is 13.8 Å². The Morgan fingerprint density at radius 1 is 1.24 bits per heavy atom. The van der Waals surface area contributed by atoms with Crippen LogP contribution in [-0.2, 0) is 9.59 Å². The second-order valence-electron chi connectivity index (χ2n) is 4.11. The van der Waals surface area contributed by atoms with Crippen LogP contribution in [0.5, 0.6) is 0 Å². The van der Waals surface area contributed by atoms with E-state index in [2.05, 4.69) is 21.9 Å². The van der Waals surface area contributed by atoms with Crippen LogP contribution in [0.1, 0.15) is 20.3 Å². The molecule has 0 aliphatic rings. The van der Waals surface area contributed by atoms with Crippen molar-refractivity contribution in [3.05, 3.63) is 0 Å². The van der Waals surface area contributed by atoms with Gasteiger partial charge in [-0.05, 0) is 5.92 Å². The van der Waals surface area contributed by atoms with E-state index in [0.29, 0.717) is 32.0 Å². The average molecular weight is 239 g/mol. The van der Waals surface area contributed by atoms with Gasteiger partial charge in [-0.1, -0.05) is 19.8 Å². The molecule has 2 amide bonds. The molecule has 0 unspecified atom stereocenters.